The minimum atomic E-state index is -0.404. The summed E-state index contributed by atoms with van der Waals surface area (Å²) in [7, 11) is 0. The van der Waals surface area contributed by atoms with E-state index in [4.69, 9.17) is 0 Å². The highest BCUT2D eigenvalue weighted by molar-refractivity contribution is 7.23. The predicted molar refractivity (Wildman–Crippen MR) is 101 cm³/mol. The van der Waals surface area contributed by atoms with Gasteiger partial charge in [0.05, 0.1) is 15.9 Å². The second-order valence-electron chi connectivity index (χ2n) is 6.01. The van der Waals surface area contributed by atoms with Gasteiger partial charge in [0.1, 0.15) is 5.69 Å². The number of aromatic nitrogens is 2. The highest BCUT2D eigenvalue weighted by Crippen LogP contribution is 2.28. The Bertz CT molecular complexity index is 1140. The number of hydrogen-bond donors (Lipinski definition) is 2. The molecule has 2 amide bonds. The molecule has 0 atom stereocenters. The van der Waals surface area contributed by atoms with Crippen LogP contribution < -0.4 is 10.9 Å². The predicted octanol–water partition coefficient (Wildman–Crippen LogP) is 3.24. The zero-order valence-corrected chi connectivity index (χ0v) is 15.1. The minimum absolute atomic E-state index is 0.369. The van der Waals surface area contributed by atoms with Crippen LogP contribution in [0.15, 0.2) is 48.5 Å². The van der Waals surface area contributed by atoms with Gasteiger partial charge < -0.3 is 0 Å². The molecule has 4 aromatic rings. The van der Waals surface area contributed by atoms with Gasteiger partial charge in [-0.15, -0.1) is 0 Å². The molecule has 0 aliphatic rings. The number of aryl methyl sites for hydroxylation is 2. The van der Waals surface area contributed by atoms with Gasteiger partial charge in [-0.25, -0.2) is 4.98 Å². The Kier molecular flexibility index (Phi) is 3.93. The number of thiazole rings is 1. The van der Waals surface area contributed by atoms with Crippen LogP contribution >= 0.6 is 11.3 Å². The lowest BCUT2D eigenvalue weighted by Crippen LogP contribution is -2.42. The van der Waals surface area contributed by atoms with E-state index in [2.05, 4.69) is 15.8 Å². The molecular weight excluding hydrogens is 348 g/mol. The summed E-state index contributed by atoms with van der Waals surface area (Å²) in [6.07, 6.45) is 0. The smallest absolute Gasteiger partial charge is 0.278 e. The quantitative estimate of drug-likeness (QED) is 0.536. The highest BCUT2D eigenvalue weighted by atomic mass is 32.1. The fraction of sp³-hybridized carbons (Fsp3) is 0.105. The summed E-state index contributed by atoms with van der Waals surface area (Å²) in [6.45, 7) is 3.73. The first-order valence-corrected chi connectivity index (χ1v) is 8.90. The number of nitrogens with one attached hydrogen (secondary N) is 2. The minimum Gasteiger partial charge on any atom is -0.278 e. The van der Waals surface area contributed by atoms with Crippen molar-refractivity contribution >= 4 is 38.3 Å². The molecule has 0 fully saturated rings. The number of hydrazine groups is 1. The van der Waals surface area contributed by atoms with Gasteiger partial charge in [-0.2, -0.15) is 0 Å². The molecule has 0 spiro atoms. The van der Waals surface area contributed by atoms with E-state index in [1.165, 1.54) is 11.3 Å². The first kappa shape index (κ1) is 16.3. The van der Waals surface area contributed by atoms with Crippen LogP contribution in [0.3, 0.4) is 0 Å². The van der Waals surface area contributed by atoms with Crippen molar-refractivity contribution in [2.45, 2.75) is 13.8 Å². The molecule has 2 heterocycles. The van der Waals surface area contributed by atoms with Crippen molar-refractivity contribution in [3.05, 3.63) is 71.0 Å². The van der Waals surface area contributed by atoms with E-state index in [-0.39, 0.29) is 5.91 Å². The average Bonchev–Trinajstić information content (AvgIpc) is 3.14. The van der Waals surface area contributed by atoms with Crippen molar-refractivity contribution in [3.8, 4) is 0 Å². The summed E-state index contributed by atoms with van der Waals surface area (Å²) in [5.41, 5.74) is 8.45. The zero-order chi connectivity index (χ0) is 18.3. The Labute approximate surface area is 153 Å². The summed E-state index contributed by atoms with van der Waals surface area (Å²) in [4.78, 5) is 30.1. The maximum absolute atomic E-state index is 12.7. The van der Waals surface area contributed by atoms with Gasteiger partial charge in [-0.3, -0.25) is 24.8 Å². The first-order valence-electron chi connectivity index (χ1n) is 8.08. The fourth-order valence-electron chi connectivity index (χ4n) is 2.84. The molecule has 0 radical (unpaired) electrons. The van der Waals surface area contributed by atoms with Crippen LogP contribution in [-0.2, 0) is 0 Å². The normalized spacial score (nSPS) is 11.0. The molecule has 2 aromatic heterocycles. The maximum Gasteiger partial charge on any atom is 0.288 e. The van der Waals surface area contributed by atoms with Gasteiger partial charge in [-0.1, -0.05) is 41.2 Å². The zero-order valence-electron chi connectivity index (χ0n) is 14.2. The Morgan fingerprint density at radius 1 is 0.962 bits per heavy atom. The molecule has 0 saturated carbocycles. The molecule has 2 aromatic carbocycles. The van der Waals surface area contributed by atoms with Crippen LogP contribution in [0.4, 0.5) is 0 Å². The molecule has 0 saturated heterocycles. The van der Waals surface area contributed by atoms with Gasteiger partial charge in [-0.05, 0) is 38.1 Å². The molecule has 7 heteroatoms. The number of para-hydroxylation sites is 1. The maximum atomic E-state index is 12.7. The molecule has 26 heavy (non-hydrogen) atoms. The van der Waals surface area contributed by atoms with Crippen molar-refractivity contribution in [3.63, 3.8) is 0 Å². The van der Waals surface area contributed by atoms with E-state index >= 15 is 0 Å². The third-order valence-electron chi connectivity index (χ3n) is 4.15. The monoisotopic (exact) mass is 364 g/mol. The van der Waals surface area contributed by atoms with Crippen LogP contribution in [0, 0.1) is 13.8 Å². The van der Waals surface area contributed by atoms with Gasteiger partial charge in [0.2, 0.25) is 0 Å². The lowest BCUT2D eigenvalue weighted by molar-refractivity contribution is 0.0843. The van der Waals surface area contributed by atoms with Crippen molar-refractivity contribution in [2.75, 3.05) is 0 Å². The Morgan fingerprint density at radius 3 is 2.42 bits per heavy atom. The second-order valence-corrected chi connectivity index (χ2v) is 7.02. The molecule has 4 rings (SSSR count). The molecular formula is C19H16N4O2S. The molecule has 0 aliphatic carbocycles. The standard InChI is InChI=1S/C19H16N4O2S/c1-11-7-9-13(10-8-11)17(24)21-22-18(25)16-12(2)20-19-23(16)14-5-3-4-6-15(14)26-19/h3-10H,1-2H3,(H,21,24)(H,22,25). The number of imidazole rings is 1. The number of amides is 2. The summed E-state index contributed by atoms with van der Waals surface area (Å²) in [5.74, 6) is -0.772. The van der Waals surface area contributed by atoms with Gasteiger partial charge in [0.25, 0.3) is 11.8 Å². The van der Waals surface area contributed by atoms with E-state index < -0.39 is 5.91 Å². The van der Waals surface area contributed by atoms with Crippen molar-refractivity contribution in [1.82, 2.24) is 20.2 Å². The number of nitrogens with zero attached hydrogens (tertiary/aromatic N) is 2. The van der Waals surface area contributed by atoms with Crippen LogP contribution in [-0.4, -0.2) is 21.2 Å². The number of carbonyl (C=O) groups is 2. The van der Waals surface area contributed by atoms with Gasteiger partial charge >= 0.3 is 0 Å². The average molecular weight is 364 g/mol. The summed E-state index contributed by atoms with van der Waals surface area (Å²) >= 11 is 1.52. The van der Waals surface area contributed by atoms with Crippen molar-refractivity contribution < 1.29 is 9.59 Å². The van der Waals surface area contributed by atoms with Gasteiger partial charge in [0.15, 0.2) is 4.96 Å². The van der Waals surface area contributed by atoms with Gasteiger partial charge in [0, 0.05) is 5.56 Å². The number of rotatable bonds is 2. The third-order valence-corrected chi connectivity index (χ3v) is 5.17. The molecule has 0 unspecified atom stereocenters. The summed E-state index contributed by atoms with van der Waals surface area (Å²) in [5, 5.41) is 0. The molecule has 0 aliphatic heterocycles. The number of benzene rings is 2. The van der Waals surface area contributed by atoms with E-state index in [9.17, 15) is 9.59 Å². The molecule has 2 N–H and O–H groups in total. The highest BCUT2D eigenvalue weighted by Gasteiger charge is 2.20. The van der Waals surface area contributed by atoms with E-state index in [0.29, 0.717) is 17.0 Å². The molecule has 130 valence electrons. The second kappa shape index (κ2) is 6.27. The van der Waals surface area contributed by atoms with Crippen LogP contribution in [0.25, 0.3) is 15.2 Å². The van der Waals surface area contributed by atoms with E-state index in [1.807, 2.05) is 47.7 Å². The topological polar surface area (TPSA) is 75.5 Å². The molecule has 0 bridgehead atoms. The van der Waals surface area contributed by atoms with Crippen LogP contribution in [0.5, 0.6) is 0 Å². The van der Waals surface area contributed by atoms with Crippen molar-refractivity contribution in [2.24, 2.45) is 0 Å². The largest absolute Gasteiger partial charge is 0.288 e. The van der Waals surface area contributed by atoms with Crippen LogP contribution in [0.2, 0.25) is 0 Å². The van der Waals surface area contributed by atoms with E-state index in [1.54, 1.807) is 19.1 Å². The van der Waals surface area contributed by atoms with E-state index in [0.717, 1.165) is 20.7 Å². The Morgan fingerprint density at radius 2 is 1.65 bits per heavy atom. The van der Waals surface area contributed by atoms with Crippen molar-refractivity contribution in [1.29, 1.82) is 0 Å². The lowest BCUT2D eigenvalue weighted by Gasteiger charge is -2.08. The SMILES string of the molecule is Cc1ccc(C(=O)NNC(=O)c2c(C)nc3sc4ccccc4n23)cc1. The first-order chi connectivity index (χ1) is 12.5. The summed E-state index contributed by atoms with van der Waals surface area (Å²) < 4.78 is 2.87. The summed E-state index contributed by atoms with van der Waals surface area (Å²) in [6, 6.07) is 14.9. The fourth-order valence-corrected chi connectivity index (χ4v) is 3.91. The number of carbonyl (C=O) groups excluding carboxylic acids is 2. The number of fused-ring (bicyclic) bond motifs is 3. The Balaban J connectivity index is 1.61. The third kappa shape index (κ3) is 2.72. The van der Waals surface area contributed by atoms with Crippen LogP contribution in [0.1, 0.15) is 32.1 Å². The molecule has 6 nitrogen and oxygen atoms in total. The number of hydrogen-bond acceptors (Lipinski definition) is 4. The Hall–Kier alpha value is -3.19. The lowest BCUT2D eigenvalue weighted by atomic mass is 10.1.